The van der Waals surface area contributed by atoms with E-state index in [0.29, 0.717) is 23.1 Å². The van der Waals surface area contributed by atoms with Crippen LogP contribution in [0, 0.1) is 32.8 Å². The number of benzene rings is 4. The summed E-state index contributed by atoms with van der Waals surface area (Å²) >= 11 is 0. The van der Waals surface area contributed by atoms with E-state index >= 15 is 0 Å². The number of fused-ring (bicyclic) bond motifs is 4. The van der Waals surface area contributed by atoms with Gasteiger partial charge in [0, 0.05) is 51.3 Å². The first-order chi connectivity index (χ1) is 26.1. The number of furan rings is 1. The van der Waals surface area contributed by atoms with Crippen LogP contribution in [-0.2, 0) is 20.1 Å². The maximum atomic E-state index is 7.28. The molecule has 0 saturated carbocycles. The van der Waals surface area contributed by atoms with Crippen LogP contribution in [0.3, 0.4) is 0 Å². The summed E-state index contributed by atoms with van der Waals surface area (Å²) in [6.07, 6.45) is 3.17. The van der Waals surface area contributed by atoms with Crippen LogP contribution in [-0.4, -0.2) is 19.5 Å². The molecular formula is C44H40IrN4O-2. The molecule has 6 heteroatoms. The van der Waals surface area contributed by atoms with E-state index in [4.69, 9.17) is 17.6 Å². The third-order valence-electron chi connectivity index (χ3n) is 8.66. The average molecular weight is 839 g/mol. The van der Waals surface area contributed by atoms with Crippen LogP contribution in [0.1, 0.15) is 75.7 Å². The van der Waals surface area contributed by atoms with Crippen LogP contribution in [0.15, 0.2) is 108 Å². The number of aromatic nitrogens is 4. The summed E-state index contributed by atoms with van der Waals surface area (Å²) in [5.74, 6) is 1.53. The van der Waals surface area contributed by atoms with Crippen molar-refractivity contribution in [1.29, 1.82) is 0 Å². The molecule has 0 aliphatic rings. The number of pyridine rings is 2. The minimum atomic E-state index is -2.18. The SMILES string of the molecule is Cc1cc2c(cn1)nc(-c1[c-]ccc3c1oc1ccccc13)n2-c1c(C(C)C)cccc1C(C)C.[2H]C([2H])([2H])c1c[c-]c(-c2ccc(C([2H])([2H])[2H])cn2)cc1.[Ir]. The average Bonchev–Trinajstić information content (AvgIpc) is 3.72. The van der Waals surface area contributed by atoms with E-state index in [9.17, 15) is 0 Å². The Bertz CT molecular complexity index is 2560. The maximum absolute atomic E-state index is 7.28. The number of nitrogens with zero attached hydrogens (tertiary/aromatic N) is 4. The standard InChI is InChI=1S/C31H28N3O.C13H12N.Ir/c1-18(2)21-11-8-12-22(19(3)4)29(21)34-27-16-20(5)32-17-26(27)33-31(34)25-14-9-13-24-23-10-6-7-15-28(23)35-30(24)25;1-10-3-6-12(7-4-10)13-8-5-11(2)9-14-13;/h6-13,15-19H,1-5H3;3-6,8-9H,1-2H3;/q2*-1;/i;1D3,2D3;. The zero-order valence-corrected chi connectivity index (χ0v) is 30.9. The number of para-hydroxylation sites is 2. The van der Waals surface area contributed by atoms with Gasteiger partial charge in [0.2, 0.25) is 0 Å². The molecule has 0 saturated heterocycles. The monoisotopic (exact) mass is 839 g/mol. The summed E-state index contributed by atoms with van der Waals surface area (Å²) in [4.78, 5) is 13.8. The molecular weight excluding hydrogens is 793 g/mol. The number of rotatable bonds is 5. The molecule has 0 unspecified atom stereocenters. The fourth-order valence-corrected chi connectivity index (χ4v) is 6.24. The molecule has 0 atom stereocenters. The Morgan fingerprint density at radius 1 is 0.780 bits per heavy atom. The van der Waals surface area contributed by atoms with Crippen LogP contribution >= 0.6 is 0 Å². The second kappa shape index (κ2) is 14.5. The first-order valence-electron chi connectivity index (χ1n) is 19.4. The van der Waals surface area contributed by atoms with Gasteiger partial charge in [-0.05, 0) is 60.1 Å². The van der Waals surface area contributed by atoms with Gasteiger partial charge in [-0.1, -0.05) is 94.0 Å². The van der Waals surface area contributed by atoms with Crippen LogP contribution in [0.25, 0.3) is 61.3 Å². The van der Waals surface area contributed by atoms with E-state index < -0.39 is 13.7 Å². The summed E-state index contributed by atoms with van der Waals surface area (Å²) < 4.78 is 52.4. The molecule has 0 aliphatic heterocycles. The van der Waals surface area contributed by atoms with E-state index in [1.165, 1.54) is 41.2 Å². The van der Waals surface area contributed by atoms with Crippen LogP contribution < -0.4 is 0 Å². The fraction of sp³-hybridized carbons (Fsp3) is 0.205. The molecule has 4 heterocycles. The van der Waals surface area contributed by atoms with Gasteiger partial charge in [0.1, 0.15) is 5.58 Å². The molecule has 8 aromatic rings. The number of aryl methyl sites for hydroxylation is 3. The molecule has 8 rings (SSSR count). The van der Waals surface area contributed by atoms with Gasteiger partial charge >= 0.3 is 0 Å². The van der Waals surface area contributed by atoms with Gasteiger partial charge in [0.15, 0.2) is 0 Å². The van der Waals surface area contributed by atoms with Gasteiger partial charge < -0.3 is 14.0 Å². The molecule has 4 aromatic carbocycles. The maximum Gasteiger partial charge on any atom is 0.120 e. The molecule has 0 fully saturated rings. The van der Waals surface area contributed by atoms with Crippen molar-refractivity contribution in [3.63, 3.8) is 0 Å². The van der Waals surface area contributed by atoms with E-state index in [1.807, 2.05) is 37.4 Å². The zero-order chi connectivity index (χ0) is 39.2. The number of hydrogen-bond acceptors (Lipinski definition) is 4. The normalized spacial score (nSPS) is 13.6. The van der Waals surface area contributed by atoms with Crippen LogP contribution in [0.5, 0.6) is 0 Å². The van der Waals surface area contributed by atoms with E-state index in [-0.39, 0.29) is 31.2 Å². The Labute approximate surface area is 316 Å². The van der Waals surface area contributed by atoms with Crippen molar-refractivity contribution >= 4 is 33.0 Å². The van der Waals surface area contributed by atoms with Gasteiger partial charge in [-0.15, -0.1) is 53.6 Å². The minimum Gasteiger partial charge on any atom is -0.501 e. The molecule has 0 amide bonds. The van der Waals surface area contributed by atoms with Crippen molar-refractivity contribution in [1.82, 2.24) is 19.5 Å². The van der Waals surface area contributed by atoms with E-state index in [1.54, 1.807) is 12.1 Å². The Morgan fingerprint density at radius 2 is 1.54 bits per heavy atom. The van der Waals surface area contributed by atoms with Gasteiger partial charge in [0.25, 0.3) is 0 Å². The van der Waals surface area contributed by atoms with Crippen LogP contribution in [0.4, 0.5) is 0 Å². The molecule has 0 bridgehead atoms. The van der Waals surface area contributed by atoms with Crippen molar-refractivity contribution in [3.8, 4) is 28.3 Å². The quantitative estimate of drug-likeness (QED) is 0.162. The van der Waals surface area contributed by atoms with Crippen molar-refractivity contribution in [3.05, 3.63) is 143 Å². The Hall–Kier alpha value is -4.90. The molecule has 4 aromatic heterocycles. The van der Waals surface area contributed by atoms with Crippen molar-refractivity contribution < 1.29 is 32.7 Å². The largest absolute Gasteiger partial charge is 0.501 e. The third kappa shape index (κ3) is 6.66. The predicted molar refractivity (Wildman–Crippen MR) is 201 cm³/mol. The summed E-state index contributed by atoms with van der Waals surface area (Å²) in [5.41, 5.74) is 10.7. The van der Waals surface area contributed by atoms with E-state index in [0.717, 1.165) is 50.1 Å². The zero-order valence-electron chi connectivity index (χ0n) is 34.5. The van der Waals surface area contributed by atoms with Crippen molar-refractivity contribution in [2.45, 2.75) is 60.2 Å². The summed E-state index contributed by atoms with van der Waals surface area (Å²) in [7, 11) is 0. The molecule has 5 nitrogen and oxygen atoms in total. The molecule has 50 heavy (non-hydrogen) atoms. The Balaban J connectivity index is 0.000000217. The smallest absolute Gasteiger partial charge is 0.120 e. The molecule has 0 N–H and O–H groups in total. The summed E-state index contributed by atoms with van der Waals surface area (Å²) in [6.45, 7) is 6.69. The Kier molecular flexibility index (Phi) is 8.10. The van der Waals surface area contributed by atoms with Gasteiger partial charge in [-0.25, -0.2) is 0 Å². The first-order valence-corrected chi connectivity index (χ1v) is 16.4. The first kappa shape index (κ1) is 27.9. The number of imidazole rings is 1. The fourth-order valence-electron chi connectivity index (χ4n) is 6.24. The minimum absolute atomic E-state index is 0. The third-order valence-corrected chi connectivity index (χ3v) is 8.66. The summed E-state index contributed by atoms with van der Waals surface area (Å²) in [6, 6.07) is 34.9. The summed E-state index contributed by atoms with van der Waals surface area (Å²) in [5, 5.41) is 2.17. The van der Waals surface area contributed by atoms with Gasteiger partial charge in [-0.2, -0.15) is 0 Å². The Morgan fingerprint density at radius 3 is 2.22 bits per heavy atom. The second-order valence-electron chi connectivity index (χ2n) is 12.8. The molecule has 1 radical (unpaired) electrons. The second-order valence-corrected chi connectivity index (χ2v) is 12.8. The molecule has 253 valence electrons. The topological polar surface area (TPSA) is 56.7 Å². The predicted octanol–water partition coefficient (Wildman–Crippen LogP) is 11.5. The van der Waals surface area contributed by atoms with Gasteiger partial charge in [-0.3, -0.25) is 9.97 Å². The van der Waals surface area contributed by atoms with Crippen molar-refractivity contribution in [2.24, 2.45) is 0 Å². The van der Waals surface area contributed by atoms with Gasteiger partial charge in [0.05, 0.1) is 28.6 Å². The molecule has 0 aliphatic carbocycles. The number of hydrogen-bond donors (Lipinski definition) is 0. The van der Waals surface area contributed by atoms with Crippen LogP contribution in [0.2, 0.25) is 0 Å². The molecule has 0 spiro atoms. The van der Waals surface area contributed by atoms with E-state index in [2.05, 4.69) is 90.8 Å². The van der Waals surface area contributed by atoms with Crippen molar-refractivity contribution in [2.75, 3.05) is 0 Å².